The van der Waals surface area contributed by atoms with Crippen LogP contribution in [0, 0.1) is 0 Å². The molecule has 0 saturated carbocycles. The Morgan fingerprint density at radius 2 is 1.70 bits per heavy atom. The lowest BCUT2D eigenvalue weighted by Crippen LogP contribution is -2.23. The molecule has 0 spiro atoms. The van der Waals surface area contributed by atoms with Gasteiger partial charge in [0.05, 0.1) is 20.3 Å². The fourth-order valence-corrected chi connectivity index (χ4v) is 2.45. The van der Waals surface area contributed by atoms with Crippen LogP contribution in [0.4, 0.5) is 0 Å². The van der Waals surface area contributed by atoms with Crippen molar-refractivity contribution >= 4 is 0 Å². The van der Waals surface area contributed by atoms with E-state index in [1.54, 1.807) is 18.1 Å². The minimum atomic E-state index is -0.708. The van der Waals surface area contributed by atoms with Gasteiger partial charge in [-0.3, -0.25) is 4.68 Å². The number of aromatic nitrogens is 3. The Bertz CT molecular complexity index is 831. The molecule has 0 aliphatic heterocycles. The average Bonchev–Trinajstić information content (AvgIpc) is 3.14. The van der Waals surface area contributed by atoms with Gasteiger partial charge < -0.3 is 19.3 Å². The summed E-state index contributed by atoms with van der Waals surface area (Å²) in [7, 11) is 3.46. The molecule has 0 fully saturated rings. The van der Waals surface area contributed by atoms with Crippen LogP contribution in [0.25, 0.3) is 11.4 Å². The van der Waals surface area contributed by atoms with Crippen LogP contribution >= 0.6 is 0 Å². The van der Waals surface area contributed by atoms with E-state index in [-0.39, 0.29) is 13.2 Å². The number of hydrogen-bond acceptors (Lipinski definition) is 6. The smallest absolute Gasteiger partial charge is 0.181 e. The van der Waals surface area contributed by atoms with Crippen molar-refractivity contribution in [2.24, 2.45) is 7.05 Å². The van der Waals surface area contributed by atoms with Crippen LogP contribution in [-0.4, -0.2) is 46.3 Å². The summed E-state index contributed by atoms with van der Waals surface area (Å²) < 4.78 is 17.9. The monoisotopic (exact) mass is 369 g/mol. The van der Waals surface area contributed by atoms with Crippen LogP contribution in [0.5, 0.6) is 11.5 Å². The van der Waals surface area contributed by atoms with E-state index in [1.165, 1.54) is 0 Å². The highest BCUT2D eigenvalue weighted by molar-refractivity contribution is 5.55. The summed E-state index contributed by atoms with van der Waals surface area (Å²) in [4.78, 5) is 4.21. The van der Waals surface area contributed by atoms with Crippen molar-refractivity contribution in [1.29, 1.82) is 0 Å². The topological polar surface area (TPSA) is 78.6 Å². The quantitative estimate of drug-likeness (QED) is 0.624. The summed E-state index contributed by atoms with van der Waals surface area (Å²) in [6, 6.07) is 15.0. The third kappa shape index (κ3) is 5.54. The van der Waals surface area contributed by atoms with Gasteiger partial charge >= 0.3 is 0 Å². The van der Waals surface area contributed by atoms with Crippen LogP contribution in [0.1, 0.15) is 5.56 Å². The molecule has 0 amide bonds. The number of benzene rings is 2. The van der Waals surface area contributed by atoms with Gasteiger partial charge in [-0.25, -0.2) is 4.98 Å². The normalized spacial score (nSPS) is 12.0. The SMILES string of the molecule is COc1ccc(COC[C@@H](O)COc2ccc(-c3ncn(C)n3)cc2)cc1. The minimum absolute atomic E-state index is 0.157. The molecule has 142 valence electrons. The van der Waals surface area contributed by atoms with E-state index < -0.39 is 6.10 Å². The van der Waals surface area contributed by atoms with Crippen molar-refractivity contribution in [3.63, 3.8) is 0 Å². The zero-order valence-corrected chi connectivity index (χ0v) is 15.4. The third-order valence-electron chi connectivity index (χ3n) is 3.89. The summed E-state index contributed by atoms with van der Waals surface area (Å²) in [5.41, 5.74) is 1.92. The standard InChI is InChI=1S/C20H23N3O4/c1-23-14-21-20(22-23)16-5-9-19(10-6-16)27-13-17(24)12-26-11-15-3-7-18(25-2)8-4-15/h3-10,14,17,24H,11-13H2,1-2H3/t17-/m1/s1. The number of aryl methyl sites for hydroxylation is 1. The molecule has 7 nitrogen and oxygen atoms in total. The lowest BCUT2D eigenvalue weighted by atomic mass is 10.2. The number of hydrogen-bond donors (Lipinski definition) is 1. The second-order valence-electron chi connectivity index (χ2n) is 6.09. The highest BCUT2D eigenvalue weighted by Crippen LogP contribution is 2.19. The maximum atomic E-state index is 10.0. The Morgan fingerprint density at radius 1 is 1.00 bits per heavy atom. The van der Waals surface area contributed by atoms with Crippen LogP contribution in [-0.2, 0) is 18.4 Å². The number of aliphatic hydroxyl groups is 1. The van der Waals surface area contributed by atoms with Gasteiger partial charge in [-0.1, -0.05) is 12.1 Å². The fraction of sp³-hybridized carbons (Fsp3) is 0.300. The van der Waals surface area contributed by atoms with Crippen LogP contribution in [0.2, 0.25) is 0 Å². The van der Waals surface area contributed by atoms with E-state index >= 15 is 0 Å². The predicted octanol–water partition coefficient (Wildman–Crippen LogP) is 2.45. The molecule has 0 unspecified atom stereocenters. The first kappa shape index (κ1) is 18.9. The highest BCUT2D eigenvalue weighted by Gasteiger charge is 2.07. The van der Waals surface area contributed by atoms with Crippen LogP contribution in [0.3, 0.4) is 0 Å². The zero-order chi connectivity index (χ0) is 19.1. The molecule has 3 aromatic rings. The van der Waals surface area contributed by atoms with E-state index in [9.17, 15) is 5.11 Å². The maximum absolute atomic E-state index is 10.0. The zero-order valence-electron chi connectivity index (χ0n) is 15.4. The predicted molar refractivity (Wildman–Crippen MR) is 101 cm³/mol. The summed E-state index contributed by atoms with van der Waals surface area (Å²) in [5.74, 6) is 2.14. The first-order chi connectivity index (χ1) is 13.1. The molecule has 0 aliphatic carbocycles. The Balaban J connectivity index is 1.40. The molecule has 2 aromatic carbocycles. The van der Waals surface area contributed by atoms with Crippen molar-refractivity contribution in [3.05, 3.63) is 60.4 Å². The molecular formula is C20H23N3O4. The molecule has 1 atom stereocenters. The Labute approximate surface area is 158 Å². The van der Waals surface area contributed by atoms with E-state index in [0.717, 1.165) is 16.9 Å². The first-order valence-corrected chi connectivity index (χ1v) is 8.61. The van der Waals surface area contributed by atoms with Crippen molar-refractivity contribution in [3.8, 4) is 22.9 Å². The second-order valence-corrected chi connectivity index (χ2v) is 6.09. The summed E-state index contributed by atoms with van der Waals surface area (Å²) >= 11 is 0. The van der Waals surface area contributed by atoms with Gasteiger partial charge in [-0.15, -0.1) is 0 Å². The highest BCUT2D eigenvalue weighted by atomic mass is 16.5. The number of aliphatic hydroxyl groups excluding tert-OH is 1. The number of ether oxygens (including phenoxy) is 3. The molecule has 1 N–H and O–H groups in total. The molecular weight excluding hydrogens is 346 g/mol. The Kier molecular flexibility index (Phi) is 6.40. The molecule has 0 aliphatic rings. The first-order valence-electron chi connectivity index (χ1n) is 8.61. The Hall–Kier alpha value is -2.90. The summed E-state index contributed by atoms with van der Waals surface area (Å²) in [6.45, 7) is 0.776. The van der Waals surface area contributed by atoms with Gasteiger partial charge in [0, 0.05) is 12.6 Å². The van der Waals surface area contributed by atoms with Gasteiger partial charge in [-0.2, -0.15) is 5.10 Å². The van der Waals surface area contributed by atoms with Gasteiger partial charge in [0.15, 0.2) is 5.82 Å². The van der Waals surface area contributed by atoms with E-state index in [4.69, 9.17) is 14.2 Å². The van der Waals surface area contributed by atoms with Gasteiger partial charge in [0.1, 0.15) is 30.5 Å². The fourth-order valence-electron chi connectivity index (χ4n) is 2.45. The lowest BCUT2D eigenvalue weighted by molar-refractivity contribution is 0.00548. The average molecular weight is 369 g/mol. The molecule has 27 heavy (non-hydrogen) atoms. The minimum Gasteiger partial charge on any atom is -0.497 e. The summed E-state index contributed by atoms with van der Waals surface area (Å²) in [5, 5.41) is 14.3. The number of methoxy groups -OCH3 is 1. The third-order valence-corrected chi connectivity index (χ3v) is 3.89. The van der Waals surface area contributed by atoms with E-state index in [0.29, 0.717) is 18.2 Å². The lowest BCUT2D eigenvalue weighted by Gasteiger charge is -2.13. The van der Waals surface area contributed by atoms with Gasteiger partial charge in [-0.05, 0) is 42.0 Å². The molecule has 7 heteroatoms. The number of rotatable bonds is 9. The molecule has 3 rings (SSSR count). The Morgan fingerprint density at radius 3 is 2.33 bits per heavy atom. The molecule has 0 bridgehead atoms. The van der Waals surface area contributed by atoms with E-state index in [2.05, 4.69) is 10.1 Å². The van der Waals surface area contributed by atoms with Crippen molar-refractivity contribution in [2.75, 3.05) is 20.3 Å². The van der Waals surface area contributed by atoms with Crippen molar-refractivity contribution in [2.45, 2.75) is 12.7 Å². The van der Waals surface area contributed by atoms with Crippen molar-refractivity contribution in [1.82, 2.24) is 14.8 Å². The molecule has 0 radical (unpaired) electrons. The molecule has 1 aromatic heterocycles. The molecule has 1 heterocycles. The van der Waals surface area contributed by atoms with Gasteiger partial charge in [0.25, 0.3) is 0 Å². The van der Waals surface area contributed by atoms with Crippen LogP contribution in [0.15, 0.2) is 54.9 Å². The summed E-state index contributed by atoms with van der Waals surface area (Å²) in [6.07, 6.45) is 0.947. The molecule has 0 saturated heterocycles. The number of nitrogens with zero attached hydrogens (tertiary/aromatic N) is 3. The largest absolute Gasteiger partial charge is 0.497 e. The van der Waals surface area contributed by atoms with Gasteiger partial charge in [0.2, 0.25) is 0 Å². The van der Waals surface area contributed by atoms with Crippen LogP contribution < -0.4 is 9.47 Å². The van der Waals surface area contributed by atoms with E-state index in [1.807, 2.05) is 55.6 Å². The maximum Gasteiger partial charge on any atom is 0.181 e. The second kappa shape index (κ2) is 9.16. The van der Waals surface area contributed by atoms with Crippen molar-refractivity contribution < 1.29 is 19.3 Å².